The number of aliphatic hydroxyl groups excluding tert-OH is 1. The van der Waals surface area contributed by atoms with E-state index in [0.29, 0.717) is 24.1 Å². The molecule has 0 heterocycles. The first kappa shape index (κ1) is 13.5. The molecule has 3 heteroatoms. The molecule has 0 bridgehead atoms. The molecule has 2 N–H and O–H groups in total. The van der Waals surface area contributed by atoms with Gasteiger partial charge >= 0.3 is 0 Å². The van der Waals surface area contributed by atoms with Gasteiger partial charge < -0.3 is 10.4 Å². The second-order valence-electron chi connectivity index (χ2n) is 5.50. The van der Waals surface area contributed by atoms with Crippen molar-refractivity contribution in [1.82, 2.24) is 5.32 Å². The van der Waals surface area contributed by atoms with Crippen molar-refractivity contribution in [3.8, 4) is 0 Å². The van der Waals surface area contributed by atoms with Crippen LogP contribution in [0.5, 0.6) is 0 Å². The van der Waals surface area contributed by atoms with Gasteiger partial charge in [-0.2, -0.15) is 0 Å². The third-order valence-corrected chi connectivity index (χ3v) is 4.27. The summed E-state index contributed by atoms with van der Waals surface area (Å²) in [5.41, 5.74) is 0.640. The van der Waals surface area contributed by atoms with E-state index >= 15 is 0 Å². The lowest BCUT2D eigenvalue weighted by molar-refractivity contribution is 0.165. The van der Waals surface area contributed by atoms with E-state index in [1.807, 2.05) is 0 Å². The van der Waals surface area contributed by atoms with Gasteiger partial charge in [0.1, 0.15) is 5.82 Å². The minimum atomic E-state index is -0.635. The molecule has 1 aliphatic carbocycles. The van der Waals surface area contributed by atoms with Gasteiger partial charge in [-0.3, -0.25) is 0 Å². The molecule has 2 nitrogen and oxygen atoms in total. The van der Waals surface area contributed by atoms with Crippen LogP contribution in [0.25, 0.3) is 0 Å². The maximum absolute atomic E-state index is 13.1. The molecule has 0 spiro atoms. The minimum absolute atomic E-state index is 0.297. The summed E-state index contributed by atoms with van der Waals surface area (Å²) < 4.78 is 13.1. The van der Waals surface area contributed by atoms with Crippen molar-refractivity contribution in [1.29, 1.82) is 0 Å². The highest BCUT2D eigenvalue weighted by Gasteiger charge is 2.29. The molecule has 1 fully saturated rings. The smallest absolute Gasteiger partial charge is 0.123 e. The lowest BCUT2D eigenvalue weighted by atomic mass is 9.97. The van der Waals surface area contributed by atoms with Gasteiger partial charge in [0.2, 0.25) is 0 Å². The van der Waals surface area contributed by atoms with Gasteiger partial charge in [0.15, 0.2) is 0 Å². The van der Waals surface area contributed by atoms with Gasteiger partial charge in [0, 0.05) is 12.6 Å². The quantitative estimate of drug-likeness (QED) is 0.862. The van der Waals surface area contributed by atoms with E-state index in [0.717, 1.165) is 12.3 Å². The van der Waals surface area contributed by atoms with E-state index in [9.17, 15) is 9.50 Å². The average molecular weight is 251 g/mol. The topological polar surface area (TPSA) is 32.3 Å². The molecular weight excluding hydrogens is 229 g/mol. The van der Waals surface area contributed by atoms with Gasteiger partial charge in [-0.05, 0) is 42.4 Å². The first-order valence-corrected chi connectivity index (χ1v) is 6.75. The fourth-order valence-corrected chi connectivity index (χ4v) is 2.75. The molecular formula is C15H22FNO. The lowest BCUT2D eigenvalue weighted by Gasteiger charge is -2.21. The summed E-state index contributed by atoms with van der Waals surface area (Å²) >= 11 is 0. The van der Waals surface area contributed by atoms with Crippen molar-refractivity contribution in [2.45, 2.75) is 38.8 Å². The molecule has 100 valence electrons. The van der Waals surface area contributed by atoms with Crippen LogP contribution in [0.1, 0.15) is 38.4 Å². The largest absolute Gasteiger partial charge is 0.387 e. The summed E-state index contributed by atoms with van der Waals surface area (Å²) in [5, 5.41) is 13.4. The summed E-state index contributed by atoms with van der Waals surface area (Å²) in [6, 6.07) is 6.66. The van der Waals surface area contributed by atoms with Crippen molar-refractivity contribution in [2.75, 3.05) is 6.54 Å². The number of aliphatic hydroxyl groups is 1. The molecule has 0 aromatic heterocycles. The zero-order valence-corrected chi connectivity index (χ0v) is 11.1. The Hall–Kier alpha value is -0.930. The summed E-state index contributed by atoms with van der Waals surface area (Å²) in [5.74, 6) is 1.09. The fourth-order valence-electron chi connectivity index (χ4n) is 2.75. The van der Waals surface area contributed by atoms with Gasteiger partial charge in [0.25, 0.3) is 0 Å². The molecule has 1 aromatic rings. The van der Waals surface area contributed by atoms with Crippen LogP contribution < -0.4 is 5.32 Å². The molecule has 0 aliphatic heterocycles. The van der Waals surface area contributed by atoms with Crippen molar-refractivity contribution in [3.05, 3.63) is 35.6 Å². The monoisotopic (exact) mass is 251 g/mol. The SMILES string of the molecule is CC1CCC(NCC(O)c2cccc(F)c2)C1C. The predicted molar refractivity (Wildman–Crippen MR) is 70.7 cm³/mol. The first-order valence-electron chi connectivity index (χ1n) is 6.75. The summed E-state index contributed by atoms with van der Waals surface area (Å²) in [6.45, 7) is 5.02. The molecule has 1 aromatic carbocycles. The molecule has 0 radical (unpaired) electrons. The van der Waals surface area contributed by atoms with Crippen LogP contribution in [0.15, 0.2) is 24.3 Å². The molecule has 4 atom stereocenters. The Morgan fingerprint density at radius 1 is 1.39 bits per heavy atom. The van der Waals surface area contributed by atoms with Gasteiger partial charge in [-0.1, -0.05) is 26.0 Å². The van der Waals surface area contributed by atoms with Crippen LogP contribution >= 0.6 is 0 Å². The number of nitrogens with one attached hydrogen (secondary N) is 1. The molecule has 0 saturated heterocycles. The molecule has 18 heavy (non-hydrogen) atoms. The van der Waals surface area contributed by atoms with Crippen LogP contribution in [0, 0.1) is 17.7 Å². The third kappa shape index (κ3) is 3.09. The Morgan fingerprint density at radius 2 is 2.17 bits per heavy atom. The van der Waals surface area contributed by atoms with E-state index in [1.54, 1.807) is 12.1 Å². The molecule has 4 unspecified atom stereocenters. The summed E-state index contributed by atoms with van der Waals surface area (Å²) in [7, 11) is 0. The van der Waals surface area contributed by atoms with Gasteiger partial charge in [-0.25, -0.2) is 4.39 Å². The molecule has 2 rings (SSSR count). The standard InChI is InChI=1S/C15H22FNO/c1-10-6-7-14(11(10)2)17-9-15(18)12-4-3-5-13(16)8-12/h3-5,8,10-11,14-15,17-18H,6-7,9H2,1-2H3. The first-order chi connectivity index (χ1) is 8.58. The number of benzene rings is 1. The van der Waals surface area contributed by atoms with E-state index in [4.69, 9.17) is 0 Å². The lowest BCUT2D eigenvalue weighted by Crippen LogP contribution is -2.35. The Balaban J connectivity index is 1.87. The maximum Gasteiger partial charge on any atom is 0.123 e. The summed E-state index contributed by atoms with van der Waals surface area (Å²) in [4.78, 5) is 0. The zero-order valence-electron chi connectivity index (χ0n) is 11.1. The highest BCUT2D eigenvalue weighted by Crippen LogP contribution is 2.31. The Kier molecular flexibility index (Phi) is 4.36. The maximum atomic E-state index is 13.1. The van der Waals surface area contributed by atoms with Gasteiger partial charge in [0.05, 0.1) is 6.10 Å². The third-order valence-electron chi connectivity index (χ3n) is 4.27. The molecule has 1 saturated carbocycles. The highest BCUT2D eigenvalue weighted by atomic mass is 19.1. The predicted octanol–water partition coefficient (Wildman–Crippen LogP) is 2.88. The normalized spacial score (nSPS) is 29.4. The molecule has 0 amide bonds. The second-order valence-corrected chi connectivity index (χ2v) is 5.50. The number of halogens is 1. The van der Waals surface area contributed by atoms with Crippen LogP contribution in [0.3, 0.4) is 0 Å². The van der Waals surface area contributed by atoms with E-state index in [-0.39, 0.29) is 5.82 Å². The van der Waals surface area contributed by atoms with Crippen molar-refractivity contribution in [2.24, 2.45) is 11.8 Å². The second kappa shape index (κ2) is 5.81. The van der Waals surface area contributed by atoms with Crippen LogP contribution in [-0.4, -0.2) is 17.7 Å². The van der Waals surface area contributed by atoms with E-state index in [2.05, 4.69) is 19.2 Å². The Morgan fingerprint density at radius 3 is 2.78 bits per heavy atom. The zero-order chi connectivity index (χ0) is 13.1. The minimum Gasteiger partial charge on any atom is -0.387 e. The Bertz CT molecular complexity index is 396. The number of hydrogen-bond acceptors (Lipinski definition) is 2. The van der Waals surface area contributed by atoms with Gasteiger partial charge in [-0.15, -0.1) is 0 Å². The average Bonchev–Trinajstić information content (AvgIpc) is 2.67. The molecule has 1 aliphatic rings. The fraction of sp³-hybridized carbons (Fsp3) is 0.600. The van der Waals surface area contributed by atoms with E-state index < -0.39 is 6.10 Å². The van der Waals surface area contributed by atoms with Crippen LogP contribution in [-0.2, 0) is 0 Å². The van der Waals surface area contributed by atoms with Crippen molar-refractivity contribution < 1.29 is 9.50 Å². The van der Waals surface area contributed by atoms with Crippen molar-refractivity contribution in [3.63, 3.8) is 0 Å². The Labute approximate surface area is 108 Å². The van der Waals surface area contributed by atoms with E-state index in [1.165, 1.54) is 18.6 Å². The van der Waals surface area contributed by atoms with Crippen LogP contribution in [0.4, 0.5) is 4.39 Å². The summed E-state index contributed by atoms with van der Waals surface area (Å²) in [6.07, 6.45) is 1.77. The number of rotatable bonds is 4. The highest BCUT2D eigenvalue weighted by molar-refractivity contribution is 5.19. The van der Waals surface area contributed by atoms with Crippen molar-refractivity contribution >= 4 is 0 Å². The van der Waals surface area contributed by atoms with Crippen LogP contribution in [0.2, 0.25) is 0 Å². The number of hydrogen-bond donors (Lipinski definition) is 2.